The summed E-state index contributed by atoms with van der Waals surface area (Å²) in [5.41, 5.74) is 5.67. The first-order chi connectivity index (χ1) is 5.52. The van der Waals surface area contributed by atoms with Crippen molar-refractivity contribution in [2.24, 2.45) is 5.73 Å². The molecule has 72 valence electrons. The summed E-state index contributed by atoms with van der Waals surface area (Å²) < 4.78 is 0. The normalized spacial score (nSPS) is 19.6. The zero-order valence-electron chi connectivity index (χ0n) is 7.79. The van der Waals surface area contributed by atoms with Gasteiger partial charge < -0.3 is 15.7 Å². The molecule has 0 saturated carbocycles. The predicted molar refractivity (Wildman–Crippen MR) is 48.0 cm³/mol. The van der Waals surface area contributed by atoms with Crippen LogP contribution in [-0.2, 0) is 4.79 Å². The van der Waals surface area contributed by atoms with E-state index in [0.29, 0.717) is 6.04 Å². The standard InChI is InChI=1S/C6H14N2.C2H4O2/c1-8-4-2-6(7)3-5-8;1-2(3)4/h6H,2-5,7H2,1H3;1H3,(H,3,4). The zero-order valence-corrected chi connectivity index (χ0v) is 7.79. The third-order valence-corrected chi connectivity index (χ3v) is 1.76. The van der Waals surface area contributed by atoms with Crippen LogP contribution >= 0.6 is 0 Å². The fraction of sp³-hybridized carbons (Fsp3) is 0.875. The van der Waals surface area contributed by atoms with E-state index in [1.807, 2.05) is 0 Å². The average molecular weight is 174 g/mol. The van der Waals surface area contributed by atoms with Gasteiger partial charge in [0.15, 0.2) is 0 Å². The van der Waals surface area contributed by atoms with Crippen molar-refractivity contribution in [2.75, 3.05) is 20.1 Å². The Balaban J connectivity index is 0.000000261. The molecule has 1 aliphatic heterocycles. The molecule has 12 heavy (non-hydrogen) atoms. The van der Waals surface area contributed by atoms with Crippen LogP contribution in [0.2, 0.25) is 0 Å². The number of nitrogens with two attached hydrogens (primary N) is 1. The smallest absolute Gasteiger partial charge is 0.300 e. The van der Waals surface area contributed by atoms with Crippen molar-refractivity contribution < 1.29 is 9.90 Å². The Hall–Kier alpha value is -0.610. The first kappa shape index (κ1) is 11.4. The summed E-state index contributed by atoms with van der Waals surface area (Å²) in [6.07, 6.45) is 2.35. The van der Waals surface area contributed by atoms with E-state index in [-0.39, 0.29) is 0 Å². The fourth-order valence-electron chi connectivity index (χ4n) is 1.03. The zero-order chi connectivity index (χ0) is 9.56. The van der Waals surface area contributed by atoms with E-state index >= 15 is 0 Å². The van der Waals surface area contributed by atoms with Gasteiger partial charge in [-0.2, -0.15) is 0 Å². The Kier molecular flexibility index (Phi) is 5.66. The average Bonchev–Trinajstić information content (AvgIpc) is 1.94. The lowest BCUT2D eigenvalue weighted by atomic mass is 10.1. The largest absolute Gasteiger partial charge is 0.481 e. The molecule has 0 aromatic heterocycles. The molecule has 1 saturated heterocycles. The van der Waals surface area contributed by atoms with E-state index in [2.05, 4.69) is 11.9 Å². The lowest BCUT2D eigenvalue weighted by Gasteiger charge is -2.25. The molecule has 0 amide bonds. The van der Waals surface area contributed by atoms with Crippen LogP contribution in [0.4, 0.5) is 0 Å². The molecule has 0 spiro atoms. The molecule has 0 radical (unpaired) electrons. The highest BCUT2D eigenvalue weighted by Crippen LogP contribution is 2.04. The number of hydrogen-bond donors (Lipinski definition) is 2. The molecular formula is C8H18N2O2. The van der Waals surface area contributed by atoms with Crippen LogP contribution in [0.5, 0.6) is 0 Å². The molecule has 0 atom stereocenters. The van der Waals surface area contributed by atoms with E-state index in [1.54, 1.807) is 0 Å². The molecule has 0 aromatic rings. The molecule has 3 N–H and O–H groups in total. The number of carboxylic acid groups (broad SMARTS) is 1. The lowest BCUT2D eigenvalue weighted by molar-refractivity contribution is -0.134. The van der Waals surface area contributed by atoms with Crippen molar-refractivity contribution >= 4 is 5.97 Å². The SMILES string of the molecule is CC(=O)O.CN1CCC(N)CC1. The third kappa shape index (κ3) is 7.50. The van der Waals surface area contributed by atoms with Gasteiger partial charge in [0, 0.05) is 13.0 Å². The summed E-state index contributed by atoms with van der Waals surface area (Å²) in [4.78, 5) is 11.3. The van der Waals surface area contributed by atoms with Gasteiger partial charge in [0.05, 0.1) is 0 Å². The van der Waals surface area contributed by atoms with E-state index in [4.69, 9.17) is 15.6 Å². The molecule has 0 aliphatic carbocycles. The summed E-state index contributed by atoms with van der Waals surface area (Å²) in [5, 5.41) is 7.42. The Morgan fingerprint density at radius 1 is 1.50 bits per heavy atom. The molecule has 1 fully saturated rings. The van der Waals surface area contributed by atoms with E-state index < -0.39 is 5.97 Å². The van der Waals surface area contributed by atoms with Gasteiger partial charge in [0.25, 0.3) is 5.97 Å². The second kappa shape index (κ2) is 5.97. The maximum Gasteiger partial charge on any atom is 0.300 e. The van der Waals surface area contributed by atoms with Gasteiger partial charge in [-0.15, -0.1) is 0 Å². The van der Waals surface area contributed by atoms with Gasteiger partial charge in [-0.05, 0) is 33.0 Å². The van der Waals surface area contributed by atoms with Crippen LogP contribution < -0.4 is 5.73 Å². The number of likely N-dealkylation sites (tertiary alicyclic amines) is 1. The second-order valence-corrected chi connectivity index (χ2v) is 3.16. The number of rotatable bonds is 0. The molecule has 1 heterocycles. The number of piperidine rings is 1. The first-order valence-electron chi connectivity index (χ1n) is 4.16. The minimum atomic E-state index is -0.833. The number of nitrogens with zero attached hydrogens (tertiary/aromatic N) is 1. The van der Waals surface area contributed by atoms with Crippen LogP contribution in [0.1, 0.15) is 19.8 Å². The van der Waals surface area contributed by atoms with Crippen molar-refractivity contribution in [3.8, 4) is 0 Å². The van der Waals surface area contributed by atoms with Crippen LogP contribution in [0.3, 0.4) is 0 Å². The molecule has 0 unspecified atom stereocenters. The Bertz CT molecular complexity index is 117. The maximum absolute atomic E-state index is 9.00. The van der Waals surface area contributed by atoms with E-state index in [0.717, 1.165) is 6.92 Å². The highest BCUT2D eigenvalue weighted by atomic mass is 16.4. The van der Waals surface area contributed by atoms with Gasteiger partial charge in [-0.1, -0.05) is 0 Å². The molecular weight excluding hydrogens is 156 g/mol. The summed E-state index contributed by atoms with van der Waals surface area (Å²) in [5.74, 6) is -0.833. The molecule has 0 aromatic carbocycles. The monoisotopic (exact) mass is 174 g/mol. The van der Waals surface area contributed by atoms with Crippen LogP contribution in [-0.4, -0.2) is 42.2 Å². The fourth-order valence-corrected chi connectivity index (χ4v) is 1.03. The molecule has 1 rings (SSSR count). The highest BCUT2D eigenvalue weighted by molar-refractivity contribution is 5.62. The minimum Gasteiger partial charge on any atom is -0.481 e. The lowest BCUT2D eigenvalue weighted by Crippen LogP contribution is -2.37. The summed E-state index contributed by atoms with van der Waals surface area (Å²) in [7, 11) is 2.14. The van der Waals surface area contributed by atoms with Gasteiger partial charge >= 0.3 is 0 Å². The van der Waals surface area contributed by atoms with Gasteiger partial charge in [0.1, 0.15) is 0 Å². The van der Waals surface area contributed by atoms with Crippen LogP contribution in [0, 0.1) is 0 Å². The van der Waals surface area contributed by atoms with Gasteiger partial charge in [-0.3, -0.25) is 4.79 Å². The Morgan fingerprint density at radius 3 is 2.08 bits per heavy atom. The number of carboxylic acids is 1. The Labute approximate surface area is 73.3 Å². The number of aliphatic carboxylic acids is 1. The number of carbonyl (C=O) groups is 1. The van der Waals surface area contributed by atoms with Crippen molar-refractivity contribution in [1.29, 1.82) is 0 Å². The molecule has 0 bridgehead atoms. The molecule has 4 nitrogen and oxygen atoms in total. The Morgan fingerprint density at radius 2 is 1.83 bits per heavy atom. The van der Waals surface area contributed by atoms with Crippen molar-refractivity contribution in [3.05, 3.63) is 0 Å². The van der Waals surface area contributed by atoms with Gasteiger partial charge in [-0.25, -0.2) is 0 Å². The molecule has 1 aliphatic rings. The third-order valence-electron chi connectivity index (χ3n) is 1.76. The predicted octanol–water partition coefficient (Wildman–Crippen LogP) is 0.130. The van der Waals surface area contributed by atoms with Crippen molar-refractivity contribution in [1.82, 2.24) is 4.90 Å². The minimum absolute atomic E-state index is 0.478. The summed E-state index contributed by atoms with van der Waals surface area (Å²) >= 11 is 0. The van der Waals surface area contributed by atoms with E-state index in [9.17, 15) is 0 Å². The van der Waals surface area contributed by atoms with Crippen LogP contribution in [0.15, 0.2) is 0 Å². The number of hydrogen-bond acceptors (Lipinski definition) is 3. The highest BCUT2D eigenvalue weighted by Gasteiger charge is 2.10. The second-order valence-electron chi connectivity index (χ2n) is 3.16. The van der Waals surface area contributed by atoms with E-state index in [1.165, 1.54) is 25.9 Å². The topological polar surface area (TPSA) is 66.6 Å². The van der Waals surface area contributed by atoms with Crippen molar-refractivity contribution in [3.63, 3.8) is 0 Å². The summed E-state index contributed by atoms with van der Waals surface area (Å²) in [6.45, 7) is 3.45. The first-order valence-corrected chi connectivity index (χ1v) is 4.16. The quantitative estimate of drug-likeness (QED) is 0.548. The van der Waals surface area contributed by atoms with Gasteiger partial charge in [0.2, 0.25) is 0 Å². The summed E-state index contributed by atoms with van der Waals surface area (Å²) in [6, 6.07) is 0.478. The van der Waals surface area contributed by atoms with Crippen molar-refractivity contribution in [2.45, 2.75) is 25.8 Å². The molecule has 4 heteroatoms. The van der Waals surface area contributed by atoms with Crippen LogP contribution in [0.25, 0.3) is 0 Å². The maximum atomic E-state index is 9.00.